The first-order valence-corrected chi connectivity index (χ1v) is 15.7. The molecule has 4 aliphatic rings. The number of fused-ring (bicyclic) bond motifs is 6. The van der Waals surface area contributed by atoms with E-state index in [1.54, 1.807) is 0 Å². The zero-order chi connectivity index (χ0) is 28.5. The van der Waals surface area contributed by atoms with Crippen LogP contribution in [0.2, 0.25) is 0 Å². The van der Waals surface area contributed by atoms with Gasteiger partial charge in [0.2, 0.25) is 0 Å². The van der Waals surface area contributed by atoms with Crippen LogP contribution >= 0.6 is 0 Å². The first-order chi connectivity index (χ1) is 21.9. The van der Waals surface area contributed by atoms with E-state index < -0.39 is 0 Å². The average molecular weight is 555 g/mol. The Labute approximate surface area is 256 Å². The highest BCUT2D eigenvalue weighted by molar-refractivity contribution is 6.14. The number of hydrogen-bond acceptors (Lipinski definition) is 0. The Morgan fingerprint density at radius 2 is 0.795 bits per heavy atom. The molecule has 0 radical (unpaired) electrons. The lowest BCUT2D eigenvalue weighted by atomic mass is 9.77. The number of hydrogen-bond donors (Lipinski definition) is 0. The van der Waals surface area contributed by atoms with E-state index in [0.717, 1.165) is 0 Å². The minimum atomic E-state index is 0.209. The second-order valence-electron chi connectivity index (χ2n) is 12.7. The van der Waals surface area contributed by atoms with Gasteiger partial charge in [0.05, 0.1) is 0 Å². The molecule has 0 saturated carbocycles. The van der Waals surface area contributed by atoms with Crippen LogP contribution in [-0.2, 0) is 0 Å². The van der Waals surface area contributed by atoms with Gasteiger partial charge in [-0.3, -0.25) is 0 Å². The lowest BCUT2D eigenvalue weighted by Gasteiger charge is -2.25. The summed E-state index contributed by atoms with van der Waals surface area (Å²) < 4.78 is 0. The van der Waals surface area contributed by atoms with Crippen molar-refractivity contribution in [3.63, 3.8) is 0 Å². The summed E-state index contributed by atoms with van der Waals surface area (Å²) in [7, 11) is 0. The van der Waals surface area contributed by atoms with Gasteiger partial charge in [-0.2, -0.15) is 0 Å². The molecule has 0 saturated heterocycles. The molecule has 0 heterocycles. The molecule has 0 fully saturated rings. The first kappa shape index (κ1) is 23.1. The molecule has 0 N–H and O–H groups in total. The van der Waals surface area contributed by atoms with E-state index in [0.29, 0.717) is 0 Å². The molecule has 0 amide bonds. The summed E-state index contributed by atoms with van der Waals surface area (Å²) in [6.45, 7) is 0. The predicted molar refractivity (Wildman–Crippen MR) is 185 cm³/mol. The van der Waals surface area contributed by atoms with Crippen molar-refractivity contribution in [1.82, 2.24) is 0 Å². The number of benzene rings is 7. The van der Waals surface area contributed by atoms with Crippen LogP contribution in [0.3, 0.4) is 0 Å². The maximum atomic E-state index is 2.48. The Bertz CT molecular complexity index is 2300. The van der Waals surface area contributed by atoms with Crippen molar-refractivity contribution in [2.75, 3.05) is 0 Å². The Morgan fingerprint density at radius 1 is 0.341 bits per heavy atom. The monoisotopic (exact) mass is 554 g/mol. The Morgan fingerprint density at radius 3 is 1.25 bits per heavy atom. The summed E-state index contributed by atoms with van der Waals surface area (Å²) >= 11 is 0. The van der Waals surface area contributed by atoms with Crippen LogP contribution in [0.4, 0.5) is 0 Å². The van der Waals surface area contributed by atoms with Gasteiger partial charge in [-0.15, -0.1) is 0 Å². The van der Waals surface area contributed by atoms with Gasteiger partial charge in [0.15, 0.2) is 0 Å². The molecule has 4 aliphatic carbocycles. The maximum absolute atomic E-state index is 2.48. The second kappa shape index (κ2) is 8.13. The molecule has 7 aromatic rings. The Kier molecular flexibility index (Phi) is 4.26. The molecule has 7 aromatic carbocycles. The Balaban J connectivity index is 1.39. The molecule has 0 aliphatic heterocycles. The molecule has 0 bridgehead atoms. The summed E-state index contributed by atoms with van der Waals surface area (Å²) in [6.07, 6.45) is 9.70. The fourth-order valence-electron chi connectivity index (χ4n) is 9.09. The third-order valence-corrected chi connectivity index (χ3v) is 10.7. The van der Waals surface area contributed by atoms with E-state index >= 15 is 0 Å². The van der Waals surface area contributed by atoms with Crippen molar-refractivity contribution in [2.45, 2.75) is 11.8 Å². The summed E-state index contributed by atoms with van der Waals surface area (Å²) in [5.41, 5.74) is 19.6. The zero-order valence-electron chi connectivity index (χ0n) is 24.0. The van der Waals surface area contributed by atoms with E-state index in [9.17, 15) is 0 Å². The van der Waals surface area contributed by atoms with Gasteiger partial charge in [0.1, 0.15) is 0 Å². The molecule has 0 heteroatoms. The van der Waals surface area contributed by atoms with E-state index in [-0.39, 0.29) is 11.8 Å². The topological polar surface area (TPSA) is 0 Å². The van der Waals surface area contributed by atoms with E-state index in [1.807, 2.05) is 0 Å². The van der Waals surface area contributed by atoms with Gasteiger partial charge >= 0.3 is 0 Å². The molecule has 2 atom stereocenters. The highest BCUT2D eigenvalue weighted by atomic mass is 14.5. The van der Waals surface area contributed by atoms with Crippen molar-refractivity contribution < 1.29 is 0 Å². The first-order valence-electron chi connectivity index (χ1n) is 15.7. The summed E-state index contributed by atoms with van der Waals surface area (Å²) in [4.78, 5) is 0. The molecule has 0 nitrogen and oxygen atoms in total. The van der Waals surface area contributed by atoms with Gasteiger partial charge in [0, 0.05) is 11.8 Å². The molecule has 202 valence electrons. The molecular formula is C44H26. The van der Waals surface area contributed by atoms with Crippen molar-refractivity contribution in [1.29, 1.82) is 0 Å². The minimum absolute atomic E-state index is 0.209. The van der Waals surface area contributed by atoms with Crippen molar-refractivity contribution in [3.8, 4) is 44.5 Å². The summed E-state index contributed by atoms with van der Waals surface area (Å²) in [5, 5.41) is 5.50. The summed E-state index contributed by atoms with van der Waals surface area (Å²) in [6, 6.07) is 45.4. The molecule has 0 spiro atoms. The van der Waals surface area contributed by atoms with Crippen LogP contribution < -0.4 is 0 Å². The van der Waals surface area contributed by atoms with Gasteiger partial charge in [-0.25, -0.2) is 0 Å². The number of rotatable bonds is 2. The highest BCUT2D eigenvalue weighted by Gasteiger charge is 2.43. The molecule has 0 aromatic heterocycles. The second-order valence-corrected chi connectivity index (χ2v) is 12.7. The average Bonchev–Trinajstić information content (AvgIpc) is 3.61. The minimum Gasteiger partial charge on any atom is -0.0719 e. The predicted octanol–water partition coefficient (Wildman–Crippen LogP) is 11.6. The van der Waals surface area contributed by atoms with Crippen LogP contribution in [0, 0.1) is 0 Å². The van der Waals surface area contributed by atoms with Crippen LogP contribution in [0.15, 0.2) is 133 Å². The van der Waals surface area contributed by atoms with Gasteiger partial charge < -0.3 is 0 Å². The quantitative estimate of drug-likeness (QED) is 0.199. The Hall–Kier alpha value is -5.46. The smallest absolute Gasteiger partial charge is 0.0298 e. The SMILES string of the molecule is C1=CC2c3c(-c4ccccc4)c4c(c(-c5ccccc5)c3-c3ccc5cccc1c5c32)C1C=Cc2cccc3ccc-4c1c23. The highest BCUT2D eigenvalue weighted by Crippen LogP contribution is 2.65. The lowest BCUT2D eigenvalue weighted by Crippen LogP contribution is -2.05. The number of allylic oxidation sites excluding steroid dienone is 2. The van der Waals surface area contributed by atoms with Gasteiger partial charge in [-0.05, 0) is 99.4 Å². The standard InChI is InChI=1S/C44H26/c1-3-9-25(10-4-1)37-41-31-21-17-27-13-7-15-29-19-23-33(39(31)35(27)29)43(41)38(26-11-5-2-6-12-26)44-34-24-20-30-16-8-14-28-18-22-32(42(37)44)40(34)36(28)30/h1-24,31,34H. The normalized spacial score (nSPS) is 17.4. The van der Waals surface area contributed by atoms with Crippen LogP contribution in [0.5, 0.6) is 0 Å². The zero-order valence-corrected chi connectivity index (χ0v) is 24.0. The maximum Gasteiger partial charge on any atom is 0.0298 e. The van der Waals surface area contributed by atoms with Crippen LogP contribution in [-0.4, -0.2) is 0 Å². The van der Waals surface area contributed by atoms with Crippen LogP contribution in [0.25, 0.3) is 78.2 Å². The van der Waals surface area contributed by atoms with Crippen molar-refractivity contribution in [2.24, 2.45) is 0 Å². The molecule has 44 heavy (non-hydrogen) atoms. The summed E-state index contributed by atoms with van der Waals surface area (Å²) in [5.74, 6) is 0.418. The fourth-order valence-corrected chi connectivity index (χ4v) is 9.09. The molecular weight excluding hydrogens is 528 g/mol. The molecule has 11 rings (SSSR count). The van der Waals surface area contributed by atoms with Crippen molar-refractivity contribution >= 4 is 33.7 Å². The van der Waals surface area contributed by atoms with Crippen LogP contribution in [0.1, 0.15) is 45.2 Å². The van der Waals surface area contributed by atoms with E-state index in [4.69, 9.17) is 0 Å². The van der Waals surface area contributed by atoms with Gasteiger partial charge in [-0.1, -0.05) is 146 Å². The van der Waals surface area contributed by atoms with Gasteiger partial charge in [0.25, 0.3) is 0 Å². The van der Waals surface area contributed by atoms with Crippen molar-refractivity contribution in [3.05, 3.63) is 167 Å². The third kappa shape index (κ3) is 2.71. The fraction of sp³-hybridized carbons (Fsp3) is 0.0455. The lowest BCUT2D eigenvalue weighted by molar-refractivity contribution is 1.07. The van der Waals surface area contributed by atoms with E-state index in [1.165, 1.54) is 99.4 Å². The molecule has 2 unspecified atom stereocenters. The third-order valence-electron chi connectivity index (χ3n) is 10.7. The van der Waals surface area contributed by atoms with E-state index in [2.05, 4.69) is 146 Å². The largest absolute Gasteiger partial charge is 0.0719 e.